The molecule has 0 saturated heterocycles. The molecule has 0 aromatic heterocycles. The van der Waals surface area contributed by atoms with Gasteiger partial charge < -0.3 is 20.1 Å². The van der Waals surface area contributed by atoms with Gasteiger partial charge in [-0.2, -0.15) is 0 Å². The summed E-state index contributed by atoms with van der Waals surface area (Å²) in [6.07, 6.45) is 83.0. The van der Waals surface area contributed by atoms with Crippen LogP contribution in [0.25, 0.3) is 0 Å². The summed E-state index contributed by atoms with van der Waals surface area (Å²) in [5.41, 5.74) is 5.37. The molecule has 0 radical (unpaired) electrons. The summed E-state index contributed by atoms with van der Waals surface area (Å²) < 4.78 is 32.9. The molecule has 0 amide bonds. The molecule has 0 spiro atoms. The van der Waals surface area contributed by atoms with Gasteiger partial charge in [-0.05, 0) is 122 Å². The minimum Gasteiger partial charge on any atom is -0.462 e. The lowest BCUT2D eigenvalue weighted by atomic mass is 10.1. The number of carbonyl (C=O) groups excluding carboxylic acids is 2. The van der Waals surface area contributed by atoms with Crippen molar-refractivity contribution in [1.82, 2.24) is 0 Å². The zero-order valence-corrected chi connectivity index (χ0v) is 46.4. The molecule has 0 fully saturated rings. The van der Waals surface area contributed by atoms with E-state index < -0.39 is 32.5 Å². The molecule has 410 valence electrons. The monoisotopic (exact) mass is 1030 g/mol. The van der Waals surface area contributed by atoms with E-state index in [9.17, 15) is 19.0 Å². The Hall–Kier alpha value is -4.37. The third kappa shape index (κ3) is 56.8. The van der Waals surface area contributed by atoms with Crippen molar-refractivity contribution >= 4 is 19.8 Å². The number of hydrogen-bond acceptors (Lipinski definition) is 8. The molecule has 0 aliphatic heterocycles. The molecule has 0 saturated carbocycles. The van der Waals surface area contributed by atoms with E-state index in [0.29, 0.717) is 12.8 Å². The second kappa shape index (κ2) is 56.9. The van der Waals surface area contributed by atoms with E-state index in [4.69, 9.17) is 24.3 Å². The molecule has 0 bridgehead atoms. The van der Waals surface area contributed by atoms with Crippen molar-refractivity contribution in [2.24, 2.45) is 5.73 Å². The molecular weight excluding hydrogens is 930 g/mol. The maximum atomic E-state index is 12.7. The van der Waals surface area contributed by atoms with Gasteiger partial charge in [0.2, 0.25) is 0 Å². The van der Waals surface area contributed by atoms with Gasteiger partial charge in [-0.3, -0.25) is 18.6 Å². The highest BCUT2D eigenvalue weighted by Crippen LogP contribution is 2.43. The fourth-order valence-electron chi connectivity index (χ4n) is 6.85. The topological polar surface area (TPSA) is 134 Å². The zero-order valence-electron chi connectivity index (χ0n) is 45.5. The summed E-state index contributed by atoms with van der Waals surface area (Å²) in [4.78, 5) is 35.1. The highest BCUT2D eigenvalue weighted by Gasteiger charge is 2.26. The molecule has 0 heterocycles. The van der Waals surface area contributed by atoms with Crippen molar-refractivity contribution in [3.8, 4) is 0 Å². The Morgan fingerprint density at radius 3 is 1.08 bits per heavy atom. The highest BCUT2D eigenvalue weighted by molar-refractivity contribution is 7.47. The summed E-state index contributed by atoms with van der Waals surface area (Å²) in [6.45, 7) is 3.42. The lowest BCUT2D eigenvalue weighted by molar-refractivity contribution is -0.161. The van der Waals surface area contributed by atoms with Crippen molar-refractivity contribution in [3.63, 3.8) is 0 Å². The Bertz CT molecular complexity index is 1740. The van der Waals surface area contributed by atoms with Gasteiger partial charge in [-0.1, -0.05) is 217 Å². The minimum absolute atomic E-state index is 0.0381. The molecule has 0 aromatic carbocycles. The number of rotatable bonds is 50. The second-order valence-corrected chi connectivity index (χ2v) is 19.1. The van der Waals surface area contributed by atoms with Gasteiger partial charge >= 0.3 is 19.8 Å². The van der Waals surface area contributed by atoms with Crippen LogP contribution >= 0.6 is 7.82 Å². The molecular formula is C63H100NO8P. The molecule has 0 aliphatic carbocycles. The Labute approximate surface area is 445 Å². The van der Waals surface area contributed by atoms with Crippen LogP contribution in [0.3, 0.4) is 0 Å². The lowest BCUT2D eigenvalue weighted by Gasteiger charge is -2.19. The first-order valence-electron chi connectivity index (χ1n) is 28.0. The molecule has 0 rings (SSSR count). The normalized spacial score (nSPS) is 14.3. The van der Waals surface area contributed by atoms with Crippen LogP contribution in [0, 0.1) is 0 Å². The maximum absolute atomic E-state index is 12.7. The van der Waals surface area contributed by atoms with Gasteiger partial charge in [-0.25, -0.2) is 4.57 Å². The highest BCUT2D eigenvalue weighted by atomic mass is 31.2. The van der Waals surface area contributed by atoms with Crippen molar-refractivity contribution < 1.29 is 37.6 Å². The number of ether oxygens (including phenoxy) is 2. The number of phosphoric ester groups is 1. The van der Waals surface area contributed by atoms with Gasteiger partial charge in [0, 0.05) is 19.4 Å². The predicted octanol–water partition coefficient (Wildman–Crippen LogP) is 17.7. The van der Waals surface area contributed by atoms with E-state index >= 15 is 0 Å². The Balaban J connectivity index is 4.04. The van der Waals surface area contributed by atoms with Crippen molar-refractivity contribution in [1.29, 1.82) is 0 Å². The standard InChI is InChI=1S/C63H100NO8P/c1-3-5-7-9-11-13-15-17-19-20-21-22-23-24-25-26-27-28-29-30-31-32-33-34-35-36-37-38-39-40-42-44-46-48-50-52-54-56-63(66)72-61(60-71-73(67,68)70-58-57-64)59-69-62(65)55-53-51-49-47-45-43-41-18-16-14-12-10-8-6-4-2/h5-8,11-14,17-19,21-22,24-25,27-28,30-31,33-34,36-37,41,45,47,61H,3-4,9-10,15-16,20,23,26,29,32,35,38-40,42-44,46,48-60,64H2,1-2H3,(H,67,68)/b7-5-,8-6-,13-11-,14-12-,19-17-,22-21-,25-24-,28-27-,31-30-,34-33-,37-36-,41-18-,47-45-. The van der Waals surface area contributed by atoms with Crippen molar-refractivity contribution in [3.05, 3.63) is 158 Å². The predicted molar refractivity (Wildman–Crippen MR) is 311 cm³/mol. The quantitative estimate of drug-likeness (QED) is 0.0264. The smallest absolute Gasteiger partial charge is 0.462 e. The van der Waals surface area contributed by atoms with Crippen LogP contribution in [0.15, 0.2) is 158 Å². The van der Waals surface area contributed by atoms with E-state index in [1.165, 1.54) is 32.1 Å². The summed E-state index contributed by atoms with van der Waals surface area (Å²) >= 11 is 0. The Morgan fingerprint density at radius 1 is 0.411 bits per heavy atom. The van der Waals surface area contributed by atoms with Crippen LogP contribution in [0.1, 0.15) is 194 Å². The zero-order chi connectivity index (χ0) is 53.1. The number of hydrogen-bond donors (Lipinski definition) is 2. The molecule has 0 aliphatic rings. The van der Waals surface area contributed by atoms with E-state index in [1.807, 2.05) is 0 Å². The van der Waals surface area contributed by atoms with Crippen LogP contribution in [-0.4, -0.2) is 49.3 Å². The second-order valence-electron chi connectivity index (χ2n) is 17.7. The van der Waals surface area contributed by atoms with E-state index in [-0.39, 0.29) is 32.6 Å². The maximum Gasteiger partial charge on any atom is 0.472 e. The first-order valence-corrected chi connectivity index (χ1v) is 29.5. The largest absolute Gasteiger partial charge is 0.472 e. The fraction of sp³-hybridized carbons (Fsp3) is 0.556. The molecule has 2 atom stereocenters. The Morgan fingerprint density at radius 2 is 0.712 bits per heavy atom. The Kier molecular flexibility index (Phi) is 53.5. The third-order valence-corrected chi connectivity index (χ3v) is 11.9. The average molecular weight is 1030 g/mol. The lowest BCUT2D eigenvalue weighted by Crippen LogP contribution is -2.29. The van der Waals surface area contributed by atoms with Gasteiger partial charge in [0.15, 0.2) is 6.10 Å². The fourth-order valence-corrected chi connectivity index (χ4v) is 7.62. The number of nitrogens with two attached hydrogens (primary N) is 1. The summed E-state index contributed by atoms with van der Waals surface area (Å²) in [6, 6.07) is 0. The van der Waals surface area contributed by atoms with Crippen LogP contribution in [0.2, 0.25) is 0 Å². The van der Waals surface area contributed by atoms with E-state index in [2.05, 4.69) is 172 Å². The average Bonchev–Trinajstić information content (AvgIpc) is 3.38. The molecule has 3 N–H and O–H groups in total. The van der Waals surface area contributed by atoms with Crippen molar-refractivity contribution in [2.45, 2.75) is 200 Å². The SMILES string of the molecule is CC/C=C\C/C=C\C/C=C\C/C=C\C/C=C\C/C=C\C/C=C\C/C=C\C/C=C\CCCCCCCCCCCC(=O)OC(COC(=O)CCCC/C=C\C/C=C\C/C=C\C/C=C\CC)COP(=O)(O)OCCN. The van der Waals surface area contributed by atoms with Gasteiger partial charge in [-0.15, -0.1) is 0 Å². The number of allylic oxidation sites excluding steroid dienone is 26. The summed E-state index contributed by atoms with van der Waals surface area (Å²) in [7, 11) is -4.41. The van der Waals surface area contributed by atoms with Crippen LogP contribution in [-0.2, 0) is 32.7 Å². The van der Waals surface area contributed by atoms with Gasteiger partial charge in [0.05, 0.1) is 13.2 Å². The van der Waals surface area contributed by atoms with E-state index in [1.54, 1.807) is 0 Å². The number of phosphoric acid groups is 1. The summed E-state index contributed by atoms with van der Waals surface area (Å²) in [5.74, 6) is -0.898. The van der Waals surface area contributed by atoms with Gasteiger partial charge in [0.1, 0.15) is 6.61 Å². The third-order valence-electron chi connectivity index (χ3n) is 10.9. The first kappa shape index (κ1) is 68.6. The number of esters is 2. The number of unbranched alkanes of at least 4 members (excludes halogenated alkanes) is 11. The van der Waals surface area contributed by atoms with Crippen LogP contribution < -0.4 is 5.73 Å². The molecule has 73 heavy (non-hydrogen) atoms. The van der Waals surface area contributed by atoms with Crippen LogP contribution in [0.4, 0.5) is 0 Å². The number of carbonyl (C=O) groups is 2. The molecule has 2 unspecified atom stereocenters. The molecule has 9 nitrogen and oxygen atoms in total. The van der Waals surface area contributed by atoms with Crippen molar-refractivity contribution in [2.75, 3.05) is 26.4 Å². The van der Waals surface area contributed by atoms with E-state index in [0.717, 1.165) is 122 Å². The van der Waals surface area contributed by atoms with Gasteiger partial charge in [0.25, 0.3) is 0 Å². The molecule has 10 heteroatoms. The first-order chi connectivity index (χ1) is 35.8. The molecule has 0 aromatic rings. The van der Waals surface area contributed by atoms with Crippen LogP contribution in [0.5, 0.6) is 0 Å². The summed E-state index contributed by atoms with van der Waals surface area (Å²) in [5, 5.41) is 0. The minimum atomic E-state index is -4.41.